The maximum Gasteiger partial charge on any atom is 0.354 e. The second-order valence-electron chi connectivity index (χ2n) is 4.93. The lowest BCUT2D eigenvalue weighted by Crippen LogP contribution is -2.29. The number of aromatic carboxylic acids is 1. The number of likely N-dealkylation sites (tertiary alicyclic amines) is 1. The predicted molar refractivity (Wildman–Crippen MR) is 73.3 cm³/mol. The Morgan fingerprint density at radius 1 is 1.30 bits per heavy atom. The molecule has 1 saturated heterocycles. The van der Waals surface area contributed by atoms with Crippen LogP contribution in [-0.2, 0) is 11.3 Å². The Balaban J connectivity index is 1.70. The van der Waals surface area contributed by atoms with Crippen LogP contribution in [0.25, 0.3) is 0 Å². The van der Waals surface area contributed by atoms with Crippen molar-refractivity contribution < 1.29 is 14.7 Å². The molecule has 2 N–H and O–H groups in total. The molecule has 1 aliphatic rings. The van der Waals surface area contributed by atoms with E-state index < -0.39 is 5.97 Å². The molecular formula is C14H19N3O3. The number of carboxylic acids is 1. The SMILES string of the molecule is O=C(CCN1CCCC1)NCc1ccc(C(=O)O)nc1. The minimum atomic E-state index is -1.05. The van der Waals surface area contributed by atoms with Gasteiger partial charge in [0.2, 0.25) is 5.91 Å². The summed E-state index contributed by atoms with van der Waals surface area (Å²) in [7, 11) is 0. The molecule has 0 aliphatic carbocycles. The van der Waals surface area contributed by atoms with Gasteiger partial charge in [0.1, 0.15) is 5.69 Å². The first-order chi connectivity index (χ1) is 9.65. The van der Waals surface area contributed by atoms with Crippen LogP contribution >= 0.6 is 0 Å². The molecule has 0 aromatic carbocycles. The molecule has 0 atom stereocenters. The first kappa shape index (κ1) is 14.5. The fourth-order valence-electron chi connectivity index (χ4n) is 2.21. The van der Waals surface area contributed by atoms with E-state index in [2.05, 4.69) is 15.2 Å². The summed E-state index contributed by atoms with van der Waals surface area (Å²) in [4.78, 5) is 28.4. The molecule has 1 amide bonds. The zero-order chi connectivity index (χ0) is 14.4. The molecule has 2 heterocycles. The average molecular weight is 277 g/mol. The Hall–Kier alpha value is -1.95. The molecule has 1 aromatic rings. The molecule has 1 fully saturated rings. The topological polar surface area (TPSA) is 82.5 Å². The minimum absolute atomic E-state index is 0.00844. The Bertz CT molecular complexity index is 467. The number of nitrogens with one attached hydrogen (secondary N) is 1. The molecule has 0 spiro atoms. The highest BCUT2D eigenvalue weighted by Crippen LogP contribution is 2.07. The van der Waals surface area contributed by atoms with Gasteiger partial charge in [0.15, 0.2) is 0 Å². The summed E-state index contributed by atoms with van der Waals surface area (Å²) < 4.78 is 0. The van der Waals surface area contributed by atoms with Gasteiger partial charge >= 0.3 is 5.97 Å². The minimum Gasteiger partial charge on any atom is -0.477 e. The summed E-state index contributed by atoms with van der Waals surface area (Å²) in [6, 6.07) is 3.10. The van der Waals surface area contributed by atoms with Crippen LogP contribution < -0.4 is 5.32 Å². The van der Waals surface area contributed by atoms with Gasteiger partial charge in [-0.1, -0.05) is 6.07 Å². The molecule has 2 rings (SSSR count). The van der Waals surface area contributed by atoms with Gasteiger partial charge in [-0.25, -0.2) is 9.78 Å². The monoisotopic (exact) mass is 277 g/mol. The number of carbonyl (C=O) groups is 2. The lowest BCUT2D eigenvalue weighted by molar-refractivity contribution is -0.121. The van der Waals surface area contributed by atoms with Gasteiger partial charge in [0.05, 0.1) is 0 Å². The van der Waals surface area contributed by atoms with Crippen molar-refractivity contribution in [2.75, 3.05) is 19.6 Å². The van der Waals surface area contributed by atoms with E-state index in [9.17, 15) is 9.59 Å². The highest BCUT2D eigenvalue weighted by molar-refractivity contribution is 5.85. The van der Waals surface area contributed by atoms with Gasteiger partial charge in [-0.3, -0.25) is 4.79 Å². The van der Waals surface area contributed by atoms with Gasteiger partial charge in [0.25, 0.3) is 0 Å². The zero-order valence-electron chi connectivity index (χ0n) is 11.3. The summed E-state index contributed by atoms with van der Waals surface area (Å²) in [5.74, 6) is -1.04. The van der Waals surface area contributed by atoms with Gasteiger partial charge in [0, 0.05) is 25.7 Å². The molecule has 6 heteroatoms. The van der Waals surface area contributed by atoms with E-state index in [1.165, 1.54) is 25.1 Å². The van der Waals surface area contributed by atoms with Crippen molar-refractivity contribution in [3.05, 3.63) is 29.6 Å². The molecule has 0 radical (unpaired) electrons. The van der Waals surface area contributed by atoms with Crippen molar-refractivity contribution in [1.29, 1.82) is 0 Å². The Morgan fingerprint density at radius 2 is 2.05 bits per heavy atom. The van der Waals surface area contributed by atoms with Crippen LogP contribution in [-0.4, -0.2) is 46.5 Å². The fraction of sp³-hybridized carbons (Fsp3) is 0.500. The van der Waals surface area contributed by atoms with Gasteiger partial charge < -0.3 is 15.3 Å². The largest absolute Gasteiger partial charge is 0.477 e. The number of pyridine rings is 1. The number of hydrogen-bond acceptors (Lipinski definition) is 4. The third-order valence-electron chi connectivity index (χ3n) is 3.39. The summed E-state index contributed by atoms with van der Waals surface area (Å²) >= 11 is 0. The average Bonchev–Trinajstić information content (AvgIpc) is 2.96. The Labute approximate surface area is 117 Å². The third-order valence-corrected chi connectivity index (χ3v) is 3.39. The number of aromatic nitrogens is 1. The van der Waals surface area contributed by atoms with E-state index in [1.807, 2.05) is 0 Å². The molecule has 20 heavy (non-hydrogen) atoms. The molecule has 0 bridgehead atoms. The van der Waals surface area contributed by atoms with E-state index in [4.69, 9.17) is 5.11 Å². The predicted octanol–water partition coefficient (Wildman–Crippen LogP) is 0.882. The maximum absolute atomic E-state index is 11.7. The molecule has 6 nitrogen and oxygen atoms in total. The highest BCUT2D eigenvalue weighted by Gasteiger charge is 2.12. The summed E-state index contributed by atoms with van der Waals surface area (Å²) in [5.41, 5.74) is 0.804. The van der Waals surface area contributed by atoms with Crippen molar-refractivity contribution in [3.63, 3.8) is 0 Å². The van der Waals surface area contributed by atoms with Crippen LogP contribution in [0, 0.1) is 0 Å². The zero-order valence-corrected chi connectivity index (χ0v) is 11.3. The lowest BCUT2D eigenvalue weighted by Gasteiger charge is -2.13. The van der Waals surface area contributed by atoms with Crippen molar-refractivity contribution in [3.8, 4) is 0 Å². The van der Waals surface area contributed by atoms with Crippen molar-refractivity contribution in [1.82, 2.24) is 15.2 Å². The standard InChI is InChI=1S/C14H19N3O3/c18-13(5-8-17-6-1-2-7-17)16-10-11-3-4-12(14(19)20)15-9-11/h3-4,9H,1-2,5-8,10H2,(H,16,18)(H,19,20). The van der Waals surface area contributed by atoms with Gasteiger partial charge in [-0.2, -0.15) is 0 Å². The van der Waals surface area contributed by atoms with Crippen LogP contribution in [0.15, 0.2) is 18.3 Å². The van der Waals surface area contributed by atoms with Crippen LogP contribution in [0.4, 0.5) is 0 Å². The second-order valence-corrected chi connectivity index (χ2v) is 4.93. The first-order valence-corrected chi connectivity index (χ1v) is 6.82. The molecule has 1 aliphatic heterocycles. The van der Waals surface area contributed by atoms with Gasteiger partial charge in [-0.05, 0) is 37.6 Å². The van der Waals surface area contributed by atoms with Crippen LogP contribution in [0.1, 0.15) is 35.3 Å². The maximum atomic E-state index is 11.7. The van der Waals surface area contributed by atoms with E-state index in [-0.39, 0.29) is 11.6 Å². The number of hydrogen-bond donors (Lipinski definition) is 2. The van der Waals surface area contributed by atoms with Crippen LogP contribution in [0.2, 0.25) is 0 Å². The smallest absolute Gasteiger partial charge is 0.354 e. The molecule has 1 aromatic heterocycles. The summed E-state index contributed by atoms with van der Waals surface area (Å²) in [6.07, 6.45) is 4.43. The Kier molecular flexibility index (Phi) is 5.06. The van der Waals surface area contributed by atoms with E-state index in [0.717, 1.165) is 25.2 Å². The van der Waals surface area contributed by atoms with E-state index >= 15 is 0 Å². The highest BCUT2D eigenvalue weighted by atomic mass is 16.4. The second kappa shape index (κ2) is 7.00. The molecule has 0 saturated carbocycles. The first-order valence-electron chi connectivity index (χ1n) is 6.82. The number of carboxylic acid groups (broad SMARTS) is 1. The normalized spacial score (nSPS) is 15.2. The molecule has 108 valence electrons. The number of amides is 1. The summed E-state index contributed by atoms with van der Waals surface area (Å²) in [5, 5.41) is 11.5. The number of nitrogens with zero attached hydrogens (tertiary/aromatic N) is 2. The fourth-order valence-corrected chi connectivity index (χ4v) is 2.21. The summed E-state index contributed by atoms with van der Waals surface area (Å²) in [6.45, 7) is 3.37. The number of carbonyl (C=O) groups excluding carboxylic acids is 1. The lowest BCUT2D eigenvalue weighted by atomic mass is 10.2. The number of rotatable bonds is 6. The van der Waals surface area contributed by atoms with Crippen molar-refractivity contribution >= 4 is 11.9 Å². The van der Waals surface area contributed by atoms with Crippen LogP contribution in [0.5, 0.6) is 0 Å². The quantitative estimate of drug-likeness (QED) is 0.806. The van der Waals surface area contributed by atoms with E-state index in [0.29, 0.717) is 13.0 Å². The van der Waals surface area contributed by atoms with E-state index in [1.54, 1.807) is 6.07 Å². The molecule has 0 unspecified atom stereocenters. The van der Waals surface area contributed by atoms with Crippen molar-refractivity contribution in [2.45, 2.75) is 25.8 Å². The van der Waals surface area contributed by atoms with Crippen LogP contribution in [0.3, 0.4) is 0 Å². The van der Waals surface area contributed by atoms with Crippen molar-refractivity contribution in [2.24, 2.45) is 0 Å². The Morgan fingerprint density at radius 3 is 2.65 bits per heavy atom. The molecular weight excluding hydrogens is 258 g/mol. The van der Waals surface area contributed by atoms with Gasteiger partial charge in [-0.15, -0.1) is 0 Å². The third kappa shape index (κ3) is 4.31.